The number of rotatable bonds is 8. The highest BCUT2D eigenvalue weighted by molar-refractivity contribution is 5.75. The van der Waals surface area contributed by atoms with Crippen molar-refractivity contribution in [3.05, 3.63) is 11.6 Å². The van der Waals surface area contributed by atoms with Crippen LogP contribution in [0, 0.1) is 6.92 Å². The number of hydrogen-bond donors (Lipinski definition) is 4. The van der Waals surface area contributed by atoms with E-state index in [1.807, 2.05) is 13.0 Å². The third kappa shape index (κ3) is 3.65. The van der Waals surface area contributed by atoms with Crippen LogP contribution in [-0.4, -0.2) is 50.7 Å². The van der Waals surface area contributed by atoms with Gasteiger partial charge in [0.05, 0.1) is 38.8 Å². The highest BCUT2D eigenvalue weighted by Crippen LogP contribution is 2.41. The lowest BCUT2D eigenvalue weighted by atomic mass is 10.1. The molecule has 0 aliphatic heterocycles. The lowest BCUT2D eigenvalue weighted by Crippen LogP contribution is -2.11. The molecule has 0 amide bonds. The molecular weight excluding hydrogens is 248 g/mol. The van der Waals surface area contributed by atoms with E-state index in [0.29, 0.717) is 24.6 Å². The lowest BCUT2D eigenvalue weighted by molar-refractivity contribution is 0.310. The van der Waals surface area contributed by atoms with Crippen LogP contribution < -0.4 is 20.1 Å². The van der Waals surface area contributed by atoms with Crippen molar-refractivity contribution < 1.29 is 19.7 Å². The van der Waals surface area contributed by atoms with Crippen LogP contribution in [0.1, 0.15) is 5.56 Å². The minimum atomic E-state index is 0.0354. The van der Waals surface area contributed by atoms with Crippen molar-refractivity contribution in [1.82, 2.24) is 0 Å². The molecule has 0 spiro atoms. The van der Waals surface area contributed by atoms with Crippen LogP contribution in [0.25, 0.3) is 0 Å². The third-order valence-corrected chi connectivity index (χ3v) is 2.72. The molecule has 0 aliphatic rings. The standard InChI is InChI=1S/C13H22N2O4/c1-9-12(18-2)10(14-4-6-16)8-11(13(9)19-3)15-5-7-17/h8,14-17H,4-7H2,1-3H3. The zero-order valence-electron chi connectivity index (χ0n) is 11.6. The second-order valence-corrected chi connectivity index (χ2v) is 3.96. The molecule has 6 heteroatoms. The third-order valence-electron chi connectivity index (χ3n) is 2.72. The van der Waals surface area contributed by atoms with Crippen molar-refractivity contribution in [1.29, 1.82) is 0 Å². The monoisotopic (exact) mass is 270 g/mol. The highest BCUT2D eigenvalue weighted by Gasteiger charge is 2.16. The normalized spacial score (nSPS) is 10.2. The largest absolute Gasteiger partial charge is 0.494 e. The zero-order valence-corrected chi connectivity index (χ0v) is 11.6. The van der Waals surface area contributed by atoms with Crippen LogP contribution >= 0.6 is 0 Å². The highest BCUT2D eigenvalue weighted by atomic mass is 16.5. The fourth-order valence-corrected chi connectivity index (χ4v) is 1.95. The minimum Gasteiger partial charge on any atom is -0.494 e. The maximum absolute atomic E-state index is 8.90. The van der Waals surface area contributed by atoms with Crippen molar-refractivity contribution in [2.75, 3.05) is 51.2 Å². The van der Waals surface area contributed by atoms with E-state index < -0.39 is 0 Å². The number of aliphatic hydroxyl groups is 2. The Morgan fingerprint density at radius 2 is 1.37 bits per heavy atom. The van der Waals surface area contributed by atoms with Crippen LogP contribution in [0.15, 0.2) is 6.07 Å². The molecule has 1 aromatic carbocycles. The number of methoxy groups -OCH3 is 2. The molecule has 0 aromatic heterocycles. The predicted octanol–water partition coefficient (Wildman–Crippen LogP) is 0.821. The van der Waals surface area contributed by atoms with Gasteiger partial charge in [-0.3, -0.25) is 0 Å². The Hall–Kier alpha value is -1.66. The fraction of sp³-hybridized carbons (Fsp3) is 0.538. The molecule has 1 rings (SSSR count). The molecule has 0 fully saturated rings. The molecule has 19 heavy (non-hydrogen) atoms. The predicted molar refractivity (Wildman–Crippen MR) is 75.4 cm³/mol. The molecule has 6 nitrogen and oxygen atoms in total. The van der Waals surface area contributed by atoms with Crippen LogP contribution in [0.4, 0.5) is 11.4 Å². The van der Waals surface area contributed by atoms with E-state index in [1.165, 1.54) is 0 Å². The van der Waals surface area contributed by atoms with E-state index in [-0.39, 0.29) is 13.2 Å². The number of anilines is 2. The Labute approximate surface area is 113 Å². The first-order valence-electron chi connectivity index (χ1n) is 6.14. The molecule has 0 atom stereocenters. The molecule has 0 radical (unpaired) electrons. The number of nitrogens with one attached hydrogen (secondary N) is 2. The Kier molecular flexibility index (Phi) is 6.24. The van der Waals surface area contributed by atoms with Crippen molar-refractivity contribution >= 4 is 11.4 Å². The van der Waals surface area contributed by atoms with E-state index in [2.05, 4.69) is 10.6 Å². The van der Waals surface area contributed by atoms with Crippen LogP contribution in [-0.2, 0) is 0 Å². The Bertz CT molecular complexity index is 376. The summed E-state index contributed by atoms with van der Waals surface area (Å²) in [6.45, 7) is 2.83. The maximum Gasteiger partial charge on any atom is 0.148 e. The van der Waals surface area contributed by atoms with E-state index in [9.17, 15) is 0 Å². The second-order valence-electron chi connectivity index (χ2n) is 3.96. The van der Waals surface area contributed by atoms with Gasteiger partial charge in [0, 0.05) is 18.7 Å². The summed E-state index contributed by atoms with van der Waals surface area (Å²) in [5.74, 6) is 1.36. The molecule has 0 bridgehead atoms. The minimum absolute atomic E-state index is 0.0354. The quantitative estimate of drug-likeness (QED) is 0.560. The van der Waals surface area contributed by atoms with Gasteiger partial charge >= 0.3 is 0 Å². The molecule has 108 valence electrons. The first-order chi connectivity index (χ1) is 9.19. The average Bonchev–Trinajstić information content (AvgIpc) is 2.42. The molecule has 0 saturated heterocycles. The van der Waals surface area contributed by atoms with Crippen molar-refractivity contribution in [3.63, 3.8) is 0 Å². The SMILES string of the molecule is COc1c(NCCO)cc(NCCO)c(OC)c1C. The first-order valence-corrected chi connectivity index (χ1v) is 6.14. The topological polar surface area (TPSA) is 83.0 Å². The summed E-state index contributed by atoms with van der Waals surface area (Å²) in [5, 5.41) is 24.0. The van der Waals surface area contributed by atoms with Gasteiger partial charge in [0.15, 0.2) is 0 Å². The van der Waals surface area contributed by atoms with Crippen LogP contribution in [0.2, 0.25) is 0 Å². The van der Waals surface area contributed by atoms with Crippen LogP contribution in [0.5, 0.6) is 11.5 Å². The number of benzene rings is 1. The summed E-state index contributed by atoms with van der Waals surface area (Å²) >= 11 is 0. The van der Waals surface area contributed by atoms with Crippen molar-refractivity contribution in [2.24, 2.45) is 0 Å². The van der Waals surface area contributed by atoms with E-state index >= 15 is 0 Å². The summed E-state index contributed by atoms with van der Waals surface area (Å²) in [4.78, 5) is 0. The van der Waals surface area contributed by atoms with Gasteiger partial charge in [-0.1, -0.05) is 0 Å². The molecular formula is C13H22N2O4. The molecule has 4 N–H and O–H groups in total. The van der Waals surface area contributed by atoms with Gasteiger partial charge in [-0.05, 0) is 13.0 Å². The Balaban J connectivity index is 3.18. The summed E-state index contributed by atoms with van der Waals surface area (Å²) in [6.07, 6.45) is 0. The van der Waals surface area contributed by atoms with Gasteiger partial charge in [0.1, 0.15) is 11.5 Å². The average molecular weight is 270 g/mol. The summed E-state index contributed by atoms with van der Waals surface area (Å²) < 4.78 is 10.7. The number of aliphatic hydroxyl groups excluding tert-OH is 2. The molecule has 0 unspecified atom stereocenters. The van der Waals surface area contributed by atoms with Gasteiger partial charge < -0.3 is 30.3 Å². The van der Waals surface area contributed by atoms with Crippen molar-refractivity contribution in [3.8, 4) is 11.5 Å². The Morgan fingerprint density at radius 1 is 0.947 bits per heavy atom. The second kappa shape index (κ2) is 7.70. The fourth-order valence-electron chi connectivity index (χ4n) is 1.95. The molecule has 1 aromatic rings. The smallest absolute Gasteiger partial charge is 0.148 e. The van der Waals surface area contributed by atoms with Gasteiger partial charge in [-0.25, -0.2) is 0 Å². The summed E-state index contributed by atoms with van der Waals surface area (Å²) in [7, 11) is 3.18. The van der Waals surface area contributed by atoms with Gasteiger partial charge in [0.2, 0.25) is 0 Å². The van der Waals surface area contributed by atoms with E-state index in [1.54, 1.807) is 14.2 Å². The lowest BCUT2D eigenvalue weighted by Gasteiger charge is -2.19. The van der Waals surface area contributed by atoms with Gasteiger partial charge in [-0.15, -0.1) is 0 Å². The van der Waals surface area contributed by atoms with Gasteiger partial charge in [0.25, 0.3) is 0 Å². The van der Waals surface area contributed by atoms with Crippen molar-refractivity contribution in [2.45, 2.75) is 6.92 Å². The van der Waals surface area contributed by atoms with E-state index in [4.69, 9.17) is 19.7 Å². The first kappa shape index (κ1) is 15.4. The summed E-state index contributed by atoms with van der Waals surface area (Å²) in [5.41, 5.74) is 2.40. The van der Waals surface area contributed by atoms with Gasteiger partial charge in [-0.2, -0.15) is 0 Å². The van der Waals surface area contributed by atoms with E-state index in [0.717, 1.165) is 16.9 Å². The zero-order chi connectivity index (χ0) is 14.3. The number of hydrogen-bond acceptors (Lipinski definition) is 6. The molecule has 0 aliphatic carbocycles. The maximum atomic E-state index is 8.90. The molecule has 0 saturated carbocycles. The van der Waals surface area contributed by atoms with Crippen LogP contribution in [0.3, 0.4) is 0 Å². The summed E-state index contributed by atoms with van der Waals surface area (Å²) in [6, 6.07) is 1.84. The molecule has 0 heterocycles. The number of ether oxygens (including phenoxy) is 2. The Morgan fingerprint density at radius 3 is 1.68 bits per heavy atom.